The largest absolute Gasteiger partial charge is 0.376 e. The molecule has 2 nitrogen and oxygen atoms in total. The summed E-state index contributed by atoms with van der Waals surface area (Å²) >= 11 is 9.28. The van der Waals surface area contributed by atoms with E-state index in [1.54, 1.807) is 4.57 Å². The Labute approximate surface area is 88.9 Å². The van der Waals surface area contributed by atoms with Crippen molar-refractivity contribution in [3.63, 3.8) is 0 Å². The van der Waals surface area contributed by atoms with Crippen molar-refractivity contribution in [3.05, 3.63) is 33.9 Å². The molecule has 0 spiro atoms. The minimum absolute atomic E-state index is 0.0933. The van der Waals surface area contributed by atoms with Gasteiger partial charge in [-0.2, -0.15) is 0 Å². The highest BCUT2D eigenvalue weighted by Crippen LogP contribution is 2.25. The van der Waals surface area contributed by atoms with E-state index in [0.717, 1.165) is 15.4 Å². The predicted octanol–water partition coefficient (Wildman–Crippen LogP) is 3.01. The quantitative estimate of drug-likeness (QED) is 0.838. The maximum Gasteiger partial charge on any atom is 0.121 e. The molecule has 0 atom stereocenters. The number of hydrogen-bond donors (Lipinski definition) is 1. The molecule has 1 N–H and O–H groups in total. The third-order valence-electron chi connectivity index (χ3n) is 1.95. The van der Waals surface area contributed by atoms with Crippen LogP contribution < -0.4 is 0 Å². The highest BCUT2D eigenvalue weighted by atomic mass is 79.9. The maximum absolute atomic E-state index is 9.04. The molecule has 0 aliphatic heterocycles. The summed E-state index contributed by atoms with van der Waals surface area (Å²) in [6.45, 7) is -0.0933. The van der Waals surface area contributed by atoms with Crippen molar-refractivity contribution in [1.82, 2.24) is 4.57 Å². The molecule has 13 heavy (non-hydrogen) atoms. The summed E-state index contributed by atoms with van der Waals surface area (Å²) in [5.74, 6) is 0. The van der Waals surface area contributed by atoms with E-state index in [0.29, 0.717) is 5.15 Å². The second kappa shape index (κ2) is 3.33. The molecule has 0 aliphatic carbocycles. The molecule has 0 saturated heterocycles. The van der Waals surface area contributed by atoms with Gasteiger partial charge in [-0.3, -0.25) is 0 Å². The molecule has 1 aromatic heterocycles. The normalized spacial score (nSPS) is 11.0. The Kier molecular flexibility index (Phi) is 2.32. The predicted molar refractivity (Wildman–Crippen MR) is 56.9 cm³/mol. The van der Waals surface area contributed by atoms with Gasteiger partial charge in [0, 0.05) is 9.86 Å². The number of aromatic nitrogens is 1. The topological polar surface area (TPSA) is 25.2 Å². The van der Waals surface area contributed by atoms with Gasteiger partial charge in [-0.1, -0.05) is 27.5 Å². The first-order valence-corrected chi connectivity index (χ1v) is 4.94. The van der Waals surface area contributed by atoms with Crippen LogP contribution in [0.3, 0.4) is 0 Å². The third-order valence-corrected chi connectivity index (χ3v) is 2.76. The van der Waals surface area contributed by atoms with Crippen molar-refractivity contribution in [1.29, 1.82) is 0 Å². The molecule has 2 aromatic rings. The lowest BCUT2D eigenvalue weighted by Gasteiger charge is -2.00. The van der Waals surface area contributed by atoms with Gasteiger partial charge in [-0.15, -0.1) is 0 Å². The Bertz CT molecular complexity index is 452. The highest BCUT2D eigenvalue weighted by Gasteiger charge is 2.05. The van der Waals surface area contributed by atoms with Crippen LogP contribution in [0.15, 0.2) is 28.7 Å². The van der Waals surface area contributed by atoms with Crippen LogP contribution in [-0.4, -0.2) is 9.67 Å². The maximum atomic E-state index is 9.04. The van der Waals surface area contributed by atoms with Crippen molar-refractivity contribution in [2.24, 2.45) is 0 Å². The van der Waals surface area contributed by atoms with E-state index in [2.05, 4.69) is 15.9 Å². The van der Waals surface area contributed by atoms with Crippen LogP contribution in [0, 0.1) is 0 Å². The number of benzene rings is 1. The number of nitrogens with zero attached hydrogens (tertiary/aromatic N) is 1. The smallest absolute Gasteiger partial charge is 0.121 e. The number of hydrogen-bond acceptors (Lipinski definition) is 1. The summed E-state index contributed by atoms with van der Waals surface area (Å²) in [6, 6.07) is 7.64. The van der Waals surface area contributed by atoms with Gasteiger partial charge in [0.25, 0.3) is 0 Å². The van der Waals surface area contributed by atoms with Gasteiger partial charge >= 0.3 is 0 Å². The van der Waals surface area contributed by atoms with Crippen molar-refractivity contribution >= 4 is 38.4 Å². The molecule has 0 fully saturated rings. The molecule has 0 radical (unpaired) electrons. The molecule has 68 valence electrons. The third kappa shape index (κ3) is 1.47. The van der Waals surface area contributed by atoms with Crippen LogP contribution in [0.5, 0.6) is 0 Å². The fraction of sp³-hybridized carbons (Fsp3) is 0.111. The number of aliphatic hydroxyl groups is 1. The molecule has 0 unspecified atom stereocenters. The van der Waals surface area contributed by atoms with Crippen LogP contribution in [0.25, 0.3) is 10.9 Å². The second-order valence-electron chi connectivity index (χ2n) is 2.74. The SMILES string of the molecule is OCn1c(Cl)cc2cc(Br)ccc21. The zero-order valence-electron chi connectivity index (χ0n) is 6.67. The first kappa shape index (κ1) is 9.06. The van der Waals surface area contributed by atoms with E-state index in [1.165, 1.54) is 0 Å². The first-order chi connectivity index (χ1) is 6.22. The number of aliphatic hydroxyl groups excluding tert-OH is 1. The van der Waals surface area contributed by atoms with E-state index < -0.39 is 0 Å². The fourth-order valence-corrected chi connectivity index (χ4v) is 1.99. The lowest BCUT2D eigenvalue weighted by molar-refractivity contribution is 0.216. The van der Waals surface area contributed by atoms with E-state index in [-0.39, 0.29) is 6.73 Å². The first-order valence-electron chi connectivity index (χ1n) is 3.77. The van der Waals surface area contributed by atoms with Gasteiger partial charge in [-0.05, 0) is 24.3 Å². The zero-order valence-corrected chi connectivity index (χ0v) is 9.01. The van der Waals surface area contributed by atoms with E-state index >= 15 is 0 Å². The monoisotopic (exact) mass is 259 g/mol. The lowest BCUT2D eigenvalue weighted by Crippen LogP contribution is -1.94. The Morgan fingerprint density at radius 3 is 2.85 bits per heavy atom. The Balaban J connectivity index is 2.79. The van der Waals surface area contributed by atoms with E-state index in [4.69, 9.17) is 16.7 Å². The van der Waals surface area contributed by atoms with Crippen molar-refractivity contribution in [2.75, 3.05) is 0 Å². The van der Waals surface area contributed by atoms with Crippen LogP contribution >= 0.6 is 27.5 Å². The van der Waals surface area contributed by atoms with Crippen LogP contribution in [0.2, 0.25) is 5.15 Å². The van der Waals surface area contributed by atoms with Crippen LogP contribution in [0.1, 0.15) is 0 Å². The summed E-state index contributed by atoms with van der Waals surface area (Å²) in [7, 11) is 0. The number of halogens is 2. The molecule has 0 aliphatic rings. The summed E-state index contributed by atoms with van der Waals surface area (Å²) < 4.78 is 2.65. The molecule has 1 aromatic carbocycles. The standard InChI is InChI=1S/C9H7BrClNO/c10-7-1-2-8-6(3-7)4-9(11)12(8)5-13/h1-4,13H,5H2. The van der Waals surface area contributed by atoms with E-state index in [1.807, 2.05) is 24.3 Å². The second-order valence-corrected chi connectivity index (χ2v) is 4.04. The Morgan fingerprint density at radius 2 is 2.15 bits per heavy atom. The summed E-state index contributed by atoms with van der Waals surface area (Å²) in [5, 5.41) is 10.6. The lowest BCUT2D eigenvalue weighted by atomic mass is 10.2. The van der Waals surface area contributed by atoms with Crippen molar-refractivity contribution < 1.29 is 5.11 Å². The van der Waals surface area contributed by atoms with E-state index in [9.17, 15) is 0 Å². The van der Waals surface area contributed by atoms with Gasteiger partial charge in [0.05, 0.1) is 5.52 Å². The van der Waals surface area contributed by atoms with Crippen LogP contribution in [0.4, 0.5) is 0 Å². The fourth-order valence-electron chi connectivity index (χ4n) is 1.35. The molecular formula is C9H7BrClNO. The molecule has 0 saturated carbocycles. The molecule has 0 bridgehead atoms. The van der Waals surface area contributed by atoms with Gasteiger partial charge < -0.3 is 9.67 Å². The highest BCUT2D eigenvalue weighted by molar-refractivity contribution is 9.10. The van der Waals surface area contributed by atoms with Crippen molar-refractivity contribution in [2.45, 2.75) is 6.73 Å². The van der Waals surface area contributed by atoms with Gasteiger partial charge in [0.1, 0.15) is 11.9 Å². The number of rotatable bonds is 1. The summed E-state index contributed by atoms with van der Waals surface area (Å²) in [4.78, 5) is 0. The van der Waals surface area contributed by atoms with Gasteiger partial charge in [-0.25, -0.2) is 0 Å². The number of fused-ring (bicyclic) bond motifs is 1. The zero-order chi connectivity index (χ0) is 9.42. The van der Waals surface area contributed by atoms with Crippen LogP contribution in [-0.2, 0) is 6.73 Å². The summed E-state index contributed by atoms with van der Waals surface area (Å²) in [5.41, 5.74) is 0.940. The molecule has 1 heterocycles. The molecule has 4 heteroatoms. The molecule has 2 rings (SSSR count). The summed E-state index contributed by atoms with van der Waals surface area (Å²) in [6.07, 6.45) is 0. The average molecular weight is 261 g/mol. The minimum atomic E-state index is -0.0933. The van der Waals surface area contributed by atoms with Crippen molar-refractivity contribution in [3.8, 4) is 0 Å². The molecule has 0 amide bonds. The Hall–Kier alpha value is -0.510. The van der Waals surface area contributed by atoms with Gasteiger partial charge in [0.15, 0.2) is 0 Å². The minimum Gasteiger partial charge on any atom is -0.376 e. The average Bonchev–Trinajstić information content (AvgIpc) is 2.39. The van der Waals surface area contributed by atoms with Gasteiger partial charge in [0.2, 0.25) is 0 Å². The Morgan fingerprint density at radius 1 is 1.38 bits per heavy atom. The molecular weight excluding hydrogens is 253 g/mol.